The molecule has 0 heterocycles. The Labute approximate surface area is 165 Å². The molecule has 3 heteroatoms. The lowest BCUT2D eigenvalue weighted by Gasteiger charge is -2.28. The summed E-state index contributed by atoms with van der Waals surface area (Å²) in [7, 11) is 0. The lowest BCUT2D eigenvalue weighted by molar-refractivity contribution is 0.423. The maximum atomic E-state index is 10.8. The van der Waals surface area contributed by atoms with Crippen LogP contribution in [0.3, 0.4) is 0 Å². The first-order chi connectivity index (χ1) is 12.4. The van der Waals surface area contributed by atoms with E-state index in [4.69, 9.17) is 0 Å². The highest BCUT2D eigenvalue weighted by molar-refractivity contribution is 5.55. The summed E-state index contributed by atoms with van der Waals surface area (Å²) in [4.78, 5) is 0. The zero-order chi connectivity index (χ0) is 20.4. The molecule has 3 nitrogen and oxygen atoms in total. The monoisotopic (exact) mass is 368 g/mol. The molecule has 2 aromatic rings. The third-order valence-corrected chi connectivity index (χ3v) is 4.62. The van der Waals surface area contributed by atoms with Crippen LogP contribution < -0.4 is 10.6 Å². The average Bonchev–Trinajstić information content (AvgIpc) is 2.52. The lowest BCUT2D eigenvalue weighted by Crippen LogP contribution is -2.18. The Morgan fingerprint density at radius 1 is 0.815 bits per heavy atom. The van der Waals surface area contributed by atoms with E-state index in [2.05, 4.69) is 102 Å². The van der Waals surface area contributed by atoms with E-state index in [1.807, 2.05) is 0 Å². The second-order valence-electron chi connectivity index (χ2n) is 9.77. The van der Waals surface area contributed by atoms with Gasteiger partial charge in [0.2, 0.25) is 0 Å². The number of hydrogen-bond donors (Lipinski definition) is 3. The standard InChI is InChI=1S/C24H36N2O/c1-16(2)26-19-11-9-18(10-12-19)25-15-17-13-20(23(3,4)5)22(27)21(14-17)24(6,7)8/h9-14,16,25-27H,15H2,1-8H3. The fourth-order valence-corrected chi connectivity index (χ4v) is 3.16. The number of hydrogen-bond acceptors (Lipinski definition) is 3. The Hall–Kier alpha value is -2.16. The minimum absolute atomic E-state index is 0.107. The minimum Gasteiger partial charge on any atom is -0.507 e. The Kier molecular flexibility index (Phi) is 6.14. The summed E-state index contributed by atoms with van der Waals surface area (Å²) in [6, 6.07) is 13.1. The van der Waals surface area contributed by atoms with Crippen molar-refractivity contribution in [2.45, 2.75) is 78.8 Å². The molecule has 148 valence electrons. The van der Waals surface area contributed by atoms with E-state index in [1.54, 1.807) is 0 Å². The Morgan fingerprint density at radius 2 is 1.26 bits per heavy atom. The van der Waals surface area contributed by atoms with E-state index >= 15 is 0 Å². The highest BCUT2D eigenvalue weighted by atomic mass is 16.3. The molecule has 0 aromatic heterocycles. The summed E-state index contributed by atoms with van der Waals surface area (Å²) in [6.07, 6.45) is 0. The van der Waals surface area contributed by atoms with Crippen molar-refractivity contribution in [2.75, 3.05) is 10.6 Å². The van der Waals surface area contributed by atoms with E-state index in [9.17, 15) is 5.11 Å². The first-order valence-electron chi connectivity index (χ1n) is 9.85. The van der Waals surface area contributed by atoms with Crippen molar-refractivity contribution in [3.63, 3.8) is 0 Å². The summed E-state index contributed by atoms with van der Waals surface area (Å²) in [5.41, 5.74) is 5.20. The molecule has 2 rings (SSSR count). The van der Waals surface area contributed by atoms with Gasteiger partial charge in [-0.15, -0.1) is 0 Å². The number of rotatable bonds is 5. The van der Waals surface area contributed by atoms with Crippen molar-refractivity contribution >= 4 is 11.4 Å². The van der Waals surface area contributed by atoms with Gasteiger partial charge in [0.05, 0.1) is 0 Å². The average molecular weight is 369 g/mol. The fraction of sp³-hybridized carbons (Fsp3) is 0.500. The van der Waals surface area contributed by atoms with Gasteiger partial charge in [0, 0.05) is 24.0 Å². The van der Waals surface area contributed by atoms with Gasteiger partial charge in [0.15, 0.2) is 0 Å². The van der Waals surface area contributed by atoms with Gasteiger partial charge in [0.25, 0.3) is 0 Å². The molecule has 0 unspecified atom stereocenters. The molecule has 0 spiro atoms. The molecule has 0 fully saturated rings. The summed E-state index contributed by atoms with van der Waals surface area (Å²) in [5, 5.41) is 17.8. The van der Waals surface area contributed by atoms with Crippen LogP contribution in [0.2, 0.25) is 0 Å². The molecular formula is C24H36N2O. The molecule has 2 aromatic carbocycles. The van der Waals surface area contributed by atoms with Crippen LogP contribution in [-0.2, 0) is 17.4 Å². The largest absolute Gasteiger partial charge is 0.507 e. The molecule has 3 N–H and O–H groups in total. The highest BCUT2D eigenvalue weighted by Crippen LogP contribution is 2.39. The van der Waals surface area contributed by atoms with E-state index in [1.165, 1.54) is 5.56 Å². The number of aromatic hydroxyl groups is 1. The van der Waals surface area contributed by atoms with Crippen LogP contribution >= 0.6 is 0 Å². The van der Waals surface area contributed by atoms with Gasteiger partial charge in [-0.05, 0) is 77.8 Å². The van der Waals surface area contributed by atoms with Gasteiger partial charge < -0.3 is 15.7 Å². The predicted molar refractivity (Wildman–Crippen MR) is 118 cm³/mol. The molecule has 0 aliphatic heterocycles. The third-order valence-electron chi connectivity index (χ3n) is 4.62. The van der Waals surface area contributed by atoms with Gasteiger partial charge >= 0.3 is 0 Å². The van der Waals surface area contributed by atoms with Gasteiger partial charge in [-0.3, -0.25) is 0 Å². The molecule has 0 bridgehead atoms. The Bertz CT molecular complexity index is 727. The first-order valence-corrected chi connectivity index (χ1v) is 9.85. The molecule has 0 amide bonds. The van der Waals surface area contributed by atoms with Gasteiger partial charge in [-0.2, -0.15) is 0 Å². The molecule has 0 saturated heterocycles. The van der Waals surface area contributed by atoms with Crippen molar-refractivity contribution in [2.24, 2.45) is 0 Å². The number of phenolic OH excluding ortho intramolecular Hbond substituents is 1. The molecule has 0 saturated carbocycles. The number of phenols is 1. The van der Waals surface area contributed by atoms with Crippen LogP contribution in [0.25, 0.3) is 0 Å². The minimum atomic E-state index is -0.107. The van der Waals surface area contributed by atoms with Crippen molar-refractivity contribution in [3.8, 4) is 5.75 Å². The highest BCUT2D eigenvalue weighted by Gasteiger charge is 2.26. The smallest absolute Gasteiger partial charge is 0.123 e. The molecule has 27 heavy (non-hydrogen) atoms. The SMILES string of the molecule is CC(C)Nc1ccc(NCc2cc(C(C)(C)C)c(O)c(C(C)(C)C)c2)cc1. The molecule has 0 aliphatic rings. The Morgan fingerprint density at radius 3 is 1.67 bits per heavy atom. The van der Waals surface area contributed by atoms with Crippen LogP contribution in [0.5, 0.6) is 5.75 Å². The molecular weight excluding hydrogens is 332 g/mol. The second-order valence-corrected chi connectivity index (χ2v) is 9.77. The quantitative estimate of drug-likeness (QED) is 0.570. The van der Waals surface area contributed by atoms with Crippen molar-refractivity contribution in [3.05, 3.63) is 53.1 Å². The van der Waals surface area contributed by atoms with E-state index in [0.29, 0.717) is 11.8 Å². The molecule has 0 atom stereocenters. The van der Waals surface area contributed by atoms with E-state index < -0.39 is 0 Å². The number of nitrogens with one attached hydrogen (secondary N) is 2. The summed E-state index contributed by atoms with van der Waals surface area (Å²) < 4.78 is 0. The molecule has 0 aliphatic carbocycles. The second kappa shape index (κ2) is 7.84. The maximum Gasteiger partial charge on any atom is 0.123 e. The normalized spacial score (nSPS) is 12.3. The van der Waals surface area contributed by atoms with Crippen molar-refractivity contribution < 1.29 is 5.11 Å². The van der Waals surface area contributed by atoms with Crippen LogP contribution in [0.1, 0.15) is 72.1 Å². The third kappa shape index (κ3) is 5.66. The maximum absolute atomic E-state index is 10.8. The first kappa shape index (κ1) is 21.1. The zero-order valence-corrected chi connectivity index (χ0v) is 18.2. The number of benzene rings is 2. The lowest BCUT2D eigenvalue weighted by atomic mass is 9.78. The van der Waals surface area contributed by atoms with Crippen LogP contribution in [0, 0.1) is 0 Å². The van der Waals surface area contributed by atoms with E-state index in [-0.39, 0.29) is 10.8 Å². The topological polar surface area (TPSA) is 44.3 Å². The van der Waals surface area contributed by atoms with E-state index in [0.717, 1.165) is 29.0 Å². The van der Waals surface area contributed by atoms with Crippen molar-refractivity contribution in [1.29, 1.82) is 0 Å². The van der Waals surface area contributed by atoms with Crippen LogP contribution in [0.15, 0.2) is 36.4 Å². The summed E-state index contributed by atoms with van der Waals surface area (Å²) in [6.45, 7) is 17.9. The number of anilines is 2. The Balaban J connectivity index is 2.25. The summed E-state index contributed by atoms with van der Waals surface area (Å²) >= 11 is 0. The van der Waals surface area contributed by atoms with Crippen molar-refractivity contribution in [1.82, 2.24) is 0 Å². The van der Waals surface area contributed by atoms with Gasteiger partial charge in [-0.1, -0.05) is 41.5 Å². The molecule has 0 radical (unpaired) electrons. The van der Waals surface area contributed by atoms with Crippen LogP contribution in [-0.4, -0.2) is 11.1 Å². The predicted octanol–water partition coefficient (Wildman–Crippen LogP) is 6.42. The van der Waals surface area contributed by atoms with Gasteiger partial charge in [-0.25, -0.2) is 0 Å². The van der Waals surface area contributed by atoms with Crippen LogP contribution in [0.4, 0.5) is 11.4 Å². The van der Waals surface area contributed by atoms with Gasteiger partial charge in [0.1, 0.15) is 5.75 Å². The zero-order valence-electron chi connectivity index (χ0n) is 18.2. The fourth-order valence-electron chi connectivity index (χ4n) is 3.16. The summed E-state index contributed by atoms with van der Waals surface area (Å²) in [5.74, 6) is 0.433.